The van der Waals surface area contributed by atoms with Gasteiger partial charge in [-0.2, -0.15) is 0 Å². The molecule has 1 fully saturated rings. The lowest BCUT2D eigenvalue weighted by Gasteiger charge is -2.15. The third-order valence-corrected chi connectivity index (χ3v) is 2.85. The average Bonchev–Trinajstić information content (AvgIpc) is 2.45. The normalized spacial score (nSPS) is 21.1. The Balaban J connectivity index is 2.34. The molecule has 0 radical (unpaired) electrons. The summed E-state index contributed by atoms with van der Waals surface area (Å²) in [5, 5.41) is -0.262. The Kier molecular flexibility index (Phi) is 2.93. The van der Waals surface area contributed by atoms with Gasteiger partial charge in [-0.3, -0.25) is 9.69 Å². The van der Waals surface area contributed by atoms with Crippen molar-refractivity contribution in [3.63, 3.8) is 0 Å². The van der Waals surface area contributed by atoms with Crippen molar-refractivity contribution in [1.82, 2.24) is 4.98 Å². The van der Waals surface area contributed by atoms with E-state index in [9.17, 15) is 9.18 Å². The largest absolute Gasteiger partial charge is 0.293 e. The molecule has 1 atom stereocenters. The monoisotopic (exact) mass is 292 g/mol. The van der Waals surface area contributed by atoms with E-state index in [1.165, 1.54) is 17.2 Å². The number of amides is 1. The SMILES string of the molecule is O=C1CC(Cl)CN1c1ncc(Br)cc1F. The summed E-state index contributed by atoms with van der Waals surface area (Å²) >= 11 is 8.91. The number of carbonyl (C=O) groups excluding carboxylic acids is 1. The molecular weight excluding hydrogens is 286 g/mol. The van der Waals surface area contributed by atoms with Gasteiger partial charge in [0.15, 0.2) is 11.6 Å². The molecule has 2 heterocycles. The second-order valence-corrected chi connectivity index (χ2v) is 4.80. The van der Waals surface area contributed by atoms with Crippen LogP contribution in [0.15, 0.2) is 16.7 Å². The predicted octanol–water partition coefficient (Wildman–Crippen LogP) is 2.33. The average molecular weight is 294 g/mol. The van der Waals surface area contributed by atoms with Crippen LogP contribution in [0.3, 0.4) is 0 Å². The maximum absolute atomic E-state index is 13.5. The summed E-state index contributed by atoms with van der Waals surface area (Å²) in [7, 11) is 0. The van der Waals surface area contributed by atoms with Crippen LogP contribution < -0.4 is 4.90 Å². The number of hydrogen-bond donors (Lipinski definition) is 0. The quantitative estimate of drug-likeness (QED) is 0.745. The van der Waals surface area contributed by atoms with Crippen LogP contribution in [0.2, 0.25) is 0 Å². The third-order valence-electron chi connectivity index (χ3n) is 2.12. The fraction of sp³-hybridized carbons (Fsp3) is 0.333. The van der Waals surface area contributed by atoms with Gasteiger partial charge in [0.1, 0.15) is 0 Å². The first-order chi connectivity index (χ1) is 7.08. The molecule has 1 aliphatic heterocycles. The van der Waals surface area contributed by atoms with Crippen molar-refractivity contribution >= 4 is 39.3 Å². The van der Waals surface area contributed by atoms with Gasteiger partial charge in [0, 0.05) is 23.6 Å². The second-order valence-electron chi connectivity index (χ2n) is 3.26. The van der Waals surface area contributed by atoms with Crippen molar-refractivity contribution in [3.8, 4) is 0 Å². The van der Waals surface area contributed by atoms with Gasteiger partial charge in [0.25, 0.3) is 0 Å². The molecule has 0 saturated carbocycles. The van der Waals surface area contributed by atoms with Crippen LogP contribution in [0, 0.1) is 5.82 Å². The number of halogens is 3. The maximum Gasteiger partial charge on any atom is 0.229 e. The van der Waals surface area contributed by atoms with Crippen LogP contribution in [0.1, 0.15) is 6.42 Å². The van der Waals surface area contributed by atoms with Crippen LogP contribution in [0.25, 0.3) is 0 Å². The number of alkyl halides is 1. The fourth-order valence-corrected chi connectivity index (χ4v) is 2.05. The number of rotatable bonds is 1. The Hall–Kier alpha value is -0.680. The molecular formula is C9H7BrClFN2O. The molecule has 1 amide bonds. The van der Waals surface area contributed by atoms with Crippen molar-refractivity contribution in [2.24, 2.45) is 0 Å². The highest BCUT2D eigenvalue weighted by atomic mass is 79.9. The molecule has 1 saturated heterocycles. The molecule has 0 aliphatic carbocycles. The topological polar surface area (TPSA) is 33.2 Å². The van der Waals surface area contributed by atoms with Gasteiger partial charge in [-0.15, -0.1) is 11.6 Å². The summed E-state index contributed by atoms with van der Waals surface area (Å²) in [6.07, 6.45) is 1.69. The third kappa shape index (κ3) is 2.13. The summed E-state index contributed by atoms with van der Waals surface area (Å²) < 4.78 is 14.0. The summed E-state index contributed by atoms with van der Waals surface area (Å²) in [5.41, 5.74) is 0. The first-order valence-electron chi connectivity index (χ1n) is 4.33. The molecule has 6 heteroatoms. The molecule has 1 aliphatic rings. The van der Waals surface area contributed by atoms with Crippen LogP contribution in [0.4, 0.5) is 10.2 Å². The highest BCUT2D eigenvalue weighted by Crippen LogP contribution is 2.26. The first kappa shape index (κ1) is 10.8. The molecule has 0 aromatic carbocycles. The van der Waals surface area contributed by atoms with E-state index in [1.807, 2.05) is 0 Å². The Labute approximate surface area is 99.4 Å². The smallest absolute Gasteiger partial charge is 0.229 e. The van der Waals surface area contributed by atoms with E-state index in [2.05, 4.69) is 20.9 Å². The molecule has 15 heavy (non-hydrogen) atoms. The number of aromatic nitrogens is 1. The van der Waals surface area contributed by atoms with Gasteiger partial charge in [0.05, 0.1) is 5.38 Å². The first-order valence-corrected chi connectivity index (χ1v) is 5.56. The second kappa shape index (κ2) is 4.06. The molecule has 2 rings (SSSR count). The molecule has 0 spiro atoms. The standard InChI is InChI=1S/C9H7BrClFN2O/c10-5-1-7(12)9(13-3-5)14-4-6(11)2-8(14)15/h1,3,6H,2,4H2. The maximum atomic E-state index is 13.5. The van der Waals surface area contributed by atoms with Gasteiger partial charge < -0.3 is 0 Å². The van der Waals surface area contributed by atoms with E-state index in [0.29, 0.717) is 11.0 Å². The van der Waals surface area contributed by atoms with E-state index in [4.69, 9.17) is 11.6 Å². The minimum atomic E-state index is -0.525. The lowest BCUT2D eigenvalue weighted by molar-refractivity contribution is -0.117. The lowest BCUT2D eigenvalue weighted by atomic mass is 10.4. The zero-order chi connectivity index (χ0) is 11.0. The highest BCUT2D eigenvalue weighted by Gasteiger charge is 2.31. The number of pyridine rings is 1. The fourth-order valence-electron chi connectivity index (χ4n) is 1.47. The number of anilines is 1. The zero-order valence-corrected chi connectivity index (χ0v) is 9.92. The van der Waals surface area contributed by atoms with Crippen molar-refractivity contribution in [2.45, 2.75) is 11.8 Å². The summed E-state index contributed by atoms with van der Waals surface area (Å²) in [6, 6.07) is 1.27. The molecule has 1 aromatic rings. The molecule has 3 nitrogen and oxygen atoms in total. The Bertz CT molecular complexity index is 415. The number of hydrogen-bond acceptors (Lipinski definition) is 2. The van der Waals surface area contributed by atoms with Crippen molar-refractivity contribution in [3.05, 3.63) is 22.6 Å². The number of carbonyl (C=O) groups is 1. The summed E-state index contributed by atoms with van der Waals surface area (Å²) in [4.78, 5) is 16.6. The molecule has 0 N–H and O–H groups in total. The van der Waals surface area contributed by atoms with Crippen molar-refractivity contribution in [2.75, 3.05) is 11.4 Å². The van der Waals surface area contributed by atoms with Crippen LogP contribution in [-0.2, 0) is 4.79 Å². The molecule has 80 valence electrons. The van der Waals surface area contributed by atoms with Crippen LogP contribution in [-0.4, -0.2) is 22.8 Å². The van der Waals surface area contributed by atoms with E-state index in [0.717, 1.165) is 0 Å². The summed E-state index contributed by atoms with van der Waals surface area (Å²) in [5.74, 6) is -0.668. The van der Waals surface area contributed by atoms with Gasteiger partial charge in [-0.05, 0) is 22.0 Å². The Morgan fingerprint density at radius 2 is 2.40 bits per heavy atom. The zero-order valence-electron chi connectivity index (χ0n) is 7.58. The lowest BCUT2D eigenvalue weighted by Crippen LogP contribution is -2.26. The van der Waals surface area contributed by atoms with Gasteiger partial charge in [0.2, 0.25) is 5.91 Å². The van der Waals surface area contributed by atoms with Gasteiger partial charge in [-0.1, -0.05) is 0 Å². The molecule has 0 bridgehead atoms. The Morgan fingerprint density at radius 1 is 1.67 bits per heavy atom. The molecule has 1 aromatic heterocycles. The highest BCUT2D eigenvalue weighted by molar-refractivity contribution is 9.10. The van der Waals surface area contributed by atoms with E-state index >= 15 is 0 Å². The summed E-state index contributed by atoms with van der Waals surface area (Å²) in [6.45, 7) is 0.311. The number of nitrogens with zero attached hydrogens (tertiary/aromatic N) is 2. The van der Waals surface area contributed by atoms with E-state index in [-0.39, 0.29) is 23.5 Å². The van der Waals surface area contributed by atoms with Crippen LogP contribution >= 0.6 is 27.5 Å². The van der Waals surface area contributed by atoms with Crippen LogP contribution in [0.5, 0.6) is 0 Å². The minimum Gasteiger partial charge on any atom is -0.293 e. The van der Waals surface area contributed by atoms with Crippen molar-refractivity contribution in [1.29, 1.82) is 0 Å². The van der Waals surface area contributed by atoms with Gasteiger partial charge in [-0.25, -0.2) is 9.37 Å². The molecule has 1 unspecified atom stereocenters. The van der Waals surface area contributed by atoms with Crippen molar-refractivity contribution < 1.29 is 9.18 Å². The van der Waals surface area contributed by atoms with Gasteiger partial charge >= 0.3 is 0 Å². The minimum absolute atomic E-state index is 0.0475. The van der Waals surface area contributed by atoms with E-state index in [1.54, 1.807) is 0 Å². The van der Waals surface area contributed by atoms with E-state index < -0.39 is 5.82 Å². The Morgan fingerprint density at radius 3 is 2.93 bits per heavy atom. The predicted molar refractivity (Wildman–Crippen MR) is 58.5 cm³/mol.